The molecule has 0 radical (unpaired) electrons. The summed E-state index contributed by atoms with van der Waals surface area (Å²) in [7, 11) is 0. The Morgan fingerprint density at radius 2 is 1.24 bits per heavy atom. The molecule has 0 heterocycles. The lowest BCUT2D eigenvalue weighted by Crippen LogP contribution is -2.10. The summed E-state index contributed by atoms with van der Waals surface area (Å²) < 4.78 is 0. The van der Waals surface area contributed by atoms with Gasteiger partial charge in [-0.05, 0) is 74.8 Å². The largest absolute Gasteiger partial charge is 0.279 e. The summed E-state index contributed by atoms with van der Waals surface area (Å²) in [6.45, 7) is 14.0. The van der Waals surface area contributed by atoms with Crippen LogP contribution in [0.25, 0.3) is 0 Å². The van der Waals surface area contributed by atoms with Crippen LogP contribution in [0.15, 0.2) is 59.6 Å². The summed E-state index contributed by atoms with van der Waals surface area (Å²) in [5.41, 5.74) is 11.8. The van der Waals surface area contributed by atoms with Gasteiger partial charge in [-0.15, -0.1) is 6.42 Å². The minimum absolute atomic E-state index is 0.636. The molecule has 0 spiro atoms. The van der Waals surface area contributed by atoms with Gasteiger partial charge in [-0.1, -0.05) is 163 Å². The molecule has 45 heavy (non-hydrogen) atoms. The number of hydrogen-bond donors (Lipinski definition) is 0. The number of hydrogen-bond acceptors (Lipinski definition) is 1. The number of benzene rings is 3. The summed E-state index contributed by atoms with van der Waals surface area (Å²) in [4.78, 5) is 5.23. The van der Waals surface area contributed by atoms with Crippen LogP contribution in [-0.2, 0) is 13.0 Å². The molecule has 242 valence electrons. The number of terminal acetylenes is 1. The van der Waals surface area contributed by atoms with E-state index in [1.165, 1.54) is 123 Å². The molecule has 0 aliphatic carbocycles. The third-order valence-corrected chi connectivity index (χ3v) is 9.51. The number of aryl methyl sites for hydroxylation is 5. The molecule has 0 N–H and O–H groups in total. The van der Waals surface area contributed by atoms with Gasteiger partial charge in [-0.25, -0.2) is 0 Å². The van der Waals surface area contributed by atoms with E-state index >= 15 is 0 Å². The third kappa shape index (κ3) is 12.7. The molecule has 0 saturated carbocycles. The van der Waals surface area contributed by atoms with Gasteiger partial charge in [-0.2, -0.15) is 0 Å². The van der Waals surface area contributed by atoms with Crippen LogP contribution in [0.2, 0.25) is 0 Å². The molecule has 3 aromatic rings. The Morgan fingerprint density at radius 1 is 0.667 bits per heavy atom. The van der Waals surface area contributed by atoms with Gasteiger partial charge < -0.3 is 0 Å². The van der Waals surface area contributed by atoms with Gasteiger partial charge >= 0.3 is 0 Å². The molecule has 3 rings (SSSR count). The summed E-state index contributed by atoms with van der Waals surface area (Å²) in [5, 5.41) is 0. The molecule has 1 heteroatoms. The molecule has 0 aliphatic rings. The smallest absolute Gasteiger partial charge is 0.0738 e. The zero-order chi connectivity index (χ0) is 32.4. The second kappa shape index (κ2) is 20.1. The van der Waals surface area contributed by atoms with Crippen molar-refractivity contribution in [2.45, 2.75) is 144 Å². The first kappa shape index (κ1) is 36.4. The van der Waals surface area contributed by atoms with Crippen LogP contribution in [0, 0.1) is 46.0 Å². The number of rotatable bonds is 20. The molecule has 1 unspecified atom stereocenters. The molecule has 0 fully saturated rings. The van der Waals surface area contributed by atoms with Crippen molar-refractivity contribution in [2.24, 2.45) is 10.9 Å². The van der Waals surface area contributed by atoms with Gasteiger partial charge in [0.2, 0.25) is 0 Å². The molecular formula is C44H61N. The second-order valence-corrected chi connectivity index (χ2v) is 13.8. The second-order valence-electron chi connectivity index (χ2n) is 13.8. The van der Waals surface area contributed by atoms with E-state index in [9.17, 15) is 0 Å². The van der Waals surface area contributed by atoms with E-state index in [1.54, 1.807) is 0 Å². The average molecular weight is 604 g/mol. The van der Waals surface area contributed by atoms with Gasteiger partial charge in [0.15, 0.2) is 0 Å². The first-order chi connectivity index (χ1) is 21.8. The summed E-state index contributed by atoms with van der Waals surface area (Å²) >= 11 is 0. The number of nitrogens with zero attached hydrogens (tertiary/aromatic N) is 1. The summed E-state index contributed by atoms with van der Waals surface area (Å²) in [6.07, 6.45) is 26.7. The van der Waals surface area contributed by atoms with Crippen LogP contribution >= 0.6 is 0 Å². The lowest BCUT2D eigenvalue weighted by Gasteiger charge is -2.16. The van der Waals surface area contributed by atoms with Gasteiger partial charge in [0.05, 0.1) is 12.3 Å². The van der Waals surface area contributed by atoms with E-state index in [4.69, 9.17) is 11.4 Å². The fraction of sp³-hybridized carbons (Fsp3) is 0.523. The Morgan fingerprint density at radius 3 is 1.84 bits per heavy atom. The summed E-state index contributed by atoms with van der Waals surface area (Å²) in [6, 6.07) is 20.0. The standard InChI is InChI=1S/C44H61N/c1-8-10-11-12-13-14-15-16-17-18-19-20-21-34(3)22-25-39-26-29-43(40(9-2)32-39)44(42-28-24-36(5)31-38(42)7)45-33-41-27-23-35(4)30-37(41)6/h2,23-24,26-32,34H,8,10-22,25,33H2,1,3-7H3/b45-44+. The molecule has 1 nitrogen and oxygen atoms in total. The lowest BCUT2D eigenvalue weighted by atomic mass is 9.90. The van der Waals surface area contributed by atoms with Crippen molar-refractivity contribution in [3.63, 3.8) is 0 Å². The predicted molar refractivity (Wildman–Crippen MR) is 199 cm³/mol. The van der Waals surface area contributed by atoms with Gasteiger partial charge in [-0.3, -0.25) is 4.99 Å². The SMILES string of the molecule is C#Cc1cc(CCC(C)CCCCCCCCCCCCCC)ccc1/C(=N/Cc1ccc(C)cc1C)c1ccc(C)cc1C. The Hall–Kier alpha value is -3.11. The molecule has 0 aromatic heterocycles. The molecule has 0 amide bonds. The van der Waals surface area contributed by atoms with E-state index in [1.807, 2.05) is 0 Å². The Labute approximate surface area is 277 Å². The van der Waals surface area contributed by atoms with Crippen molar-refractivity contribution >= 4 is 5.71 Å². The van der Waals surface area contributed by atoms with E-state index in [2.05, 4.69) is 102 Å². The van der Waals surface area contributed by atoms with Crippen molar-refractivity contribution in [3.05, 3.63) is 105 Å². The maximum absolute atomic E-state index is 6.15. The van der Waals surface area contributed by atoms with Crippen molar-refractivity contribution in [3.8, 4) is 12.3 Å². The minimum atomic E-state index is 0.636. The Balaban J connectivity index is 1.55. The maximum Gasteiger partial charge on any atom is 0.0738 e. The highest BCUT2D eigenvalue weighted by Crippen LogP contribution is 2.24. The molecule has 0 saturated heterocycles. The molecule has 0 bridgehead atoms. The van der Waals surface area contributed by atoms with Gasteiger partial charge in [0.1, 0.15) is 0 Å². The van der Waals surface area contributed by atoms with Gasteiger partial charge in [0, 0.05) is 16.7 Å². The normalized spacial score (nSPS) is 12.3. The van der Waals surface area contributed by atoms with Gasteiger partial charge in [0.25, 0.3) is 0 Å². The summed E-state index contributed by atoms with van der Waals surface area (Å²) in [5.74, 6) is 3.76. The van der Waals surface area contributed by atoms with E-state index in [-0.39, 0.29) is 0 Å². The van der Waals surface area contributed by atoms with Crippen LogP contribution in [0.4, 0.5) is 0 Å². The van der Waals surface area contributed by atoms with Crippen LogP contribution in [0.1, 0.15) is 154 Å². The maximum atomic E-state index is 6.15. The van der Waals surface area contributed by atoms with E-state index in [0.29, 0.717) is 6.54 Å². The molecule has 0 aliphatic heterocycles. The molecule has 3 aromatic carbocycles. The van der Waals surface area contributed by atoms with Crippen molar-refractivity contribution in [1.82, 2.24) is 0 Å². The zero-order valence-electron chi connectivity index (χ0n) is 29.6. The van der Waals surface area contributed by atoms with Crippen LogP contribution in [0.3, 0.4) is 0 Å². The predicted octanol–water partition coefficient (Wildman–Crippen LogP) is 12.6. The van der Waals surface area contributed by atoms with Crippen LogP contribution in [-0.4, -0.2) is 5.71 Å². The van der Waals surface area contributed by atoms with Crippen molar-refractivity contribution in [1.29, 1.82) is 0 Å². The Bertz CT molecular complexity index is 1380. The quantitative estimate of drug-likeness (QED) is 0.0692. The van der Waals surface area contributed by atoms with E-state index in [0.717, 1.165) is 34.7 Å². The molecule has 1 atom stereocenters. The fourth-order valence-electron chi connectivity index (χ4n) is 6.55. The highest BCUT2D eigenvalue weighted by molar-refractivity contribution is 6.15. The minimum Gasteiger partial charge on any atom is -0.279 e. The fourth-order valence-corrected chi connectivity index (χ4v) is 6.55. The van der Waals surface area contributed by atoms with Crippen LogP contribution in [0.5, 0.6) is 0 Å². The number of aliphatic imine (C=N–C) groups is 1. The van der Waals surface area contributed by atoms with Crippen LogP contribution < -0.4 is 0 Å². The topological polar surface area (TPSA) is 12.4 Å². The number of unbranched alkanes of at least 4 members (excludes halogenated alkanes) is 11. The van der Waals surface area contributed by atoms with Crippen molar-refractivity contribution in [2.75, 3.05) is 0 Å². The highest BCUT2D eigenvalue weighted by atomic mass is 14.7. The van der Waals surface area contributed by atoms with E-state index < -0.39 is 0 Å². The average Bonchev–Trinajstić information content (AvgIpc) is 3.02. The lowest BCUT2D eigenvalue weighted by molar-refractivity contribution is 0.454. The first-order valence-corrected chi connectivity index (χ1v) is 18.1. The molecular weight excluding hydrogens is 542 g/mol. The highest BCUT2D eigenvalue weighted by Gasteiger charge is 2.15. The zero-order valence-corrected chi connectivity index (χ0v) is 29.6. The van der Waals surface area contributed by atoms with Crippen molar-refractivity contribution < 1.29 is 0 Å². The first-order valence-electron chi connectivity index (χ1n) is 18.1. The monoisotopic (exact) mass is 603 g/mol. The third-order valence-electron chi connectivity index (χ3n) is 9.51. The Kier molecular flexibility index (Phi) is 16.2.